The van der Waals surface area contributed by atoms with E-state index < -0.39 is 0 Å². The summed E-state index contributed by atoms with van der Waals surface area (Å²) in [6.45, 7) is 7.40. The van der Waals surface area contributed by atoms with Crippen molar-refractivity contribution in [1.29, 1.82) is 0 Å². The molecule has 0 N–H and O–H groups in total. The van der Waals surface area contributed by atoms with Gasteiger partial charge in [-0.1, -0.05) is 11.8 Å². The Bertz CT molecular complexity index is 489. The summed E-state index contributed by atoms with van der Waals surface area (Å²) in [4.78, 5) is 13.9. The number of allylic oxidation sites excluding steroid dienone is 1. The van der Waals surface area contributed by atoms with E-state index in [-0.39, 0.29) is 6.04 Å². The number of hydrogen-bond donors (Lipinski definition) is 0. The van der Waals surface area contributed by atoms with E-state index in [4.69, 9.17) is 0 Å². The largest absolute Gasteiger partial charge is 0.340 e. The normalized spacial score (nSPS) is 23.4. The molecule has 2 fully saturated rings. The average Bonchev–Trinajstić information content (AvgIpc) is 2.90. The first kappa shape index (κ1) is 11.4. The summed E-state index contributed by atoms with van der Waals surface area (Å²) in [5.74, 6) is 0.642. The Kier molecular flexibility index (Phi) is 2.69. The lowest BCUT2D eigenvalue weighted by Crippen LogP contribution is -2.30. The van der Waals surface area contributed by atoms with Gasteiger partial charge in [0.05, 0.1) is 12.2 Å². The molecule has 18 heavy (non-hydrogen) atoms. The highest BCUT2D eigenvalue weighted by molar-refractivity contribution is 5.81. The molecule has 96 valence electrons. The Labute approximate surface area is 106 Å². The maximum Gasteiger partial charge on any atom is 0.225 e. The van der Waals surface area contributed by atoms with E-state index in [2.05, 4.69) is 16.9 Å². The average molecular weight is 246 g/mol. The SMILES string of the molecule is C=C(C)c1cn(C2CCN(C(=O)C3CC3)C2)nn1. The summed E-state index contributed by atoms with van der Waals surface area (Å²) in [5, 5.41) is 8.23. The van der Waals surface area contributed by atoms with Crippen LogP contribution in [0.1, 0.15) is 37.9 Å². The standard InChI is InChI=1S/C13H18N4O/c1-9(2)12-8-17(15-14-12)11-5-6-16(7-11)13(18)10-3-4-10/h8,10-11H,1,3-7H2,2H3. The molecule has 1 aliphatic carbocycles. The molecule has 5 nitrogen and oxygen atoms in total. The molecule has 0 radical (unpaired) electrons. The van der Waals surface area contributed by atoms with Gasteiger partial charge in [0.15, 0.2) is 0 Å². The molecular formula is C13H18N4O. The van der Waals surface area contributed by atoms with Gasteiger partial charge < -0.3 is 4.90 Å². The van der Waals surface area contributed by atoms with Crippen LogP contribution in [0.4, 0.5) is 0 Å². The van der Waals surface area contributed by atoms with Gasteiger partial charge >= 0.3 is 0 Å². The molecule has 1 aromatic rings. The van der Waals surface area contributed by atoms with Crippen molar-refractivity contribution in [1.82, 2.24) is 19.9 Å². The van der Waals surface area contributed by atoms with Gasteiger partial charge in [-0.15, -0.1) is 5.10 Å². The molecule has 1 aromatic heterocycles. The summed E-state index contributed by atoms with van der Waals surface area (Å²) in [6.07, 6.45) is 5.04. The molecule has 0 aromatic carbocycles. The van der Waals surface area contributed by atoms with Crippen molar-refractivity contribution in [2.75, 3.05) is 13.1 Å². The zero-order valence-electron chi connectivity index (χ0n) is 10.7. The third kappa shape index (κ3) is 2.05. The first-order valence-corrected chi connectivity index (χ1v) is 6.51. The van der Waals surface area contributed by atoms with E-state index in [0.717, 1.165) is 43.6 Å². The first-order chi connectivity index (χ1) is 8.65. The molecule has 0 bridgehead atoms. The lowest BCUT2D eigenvalue weighted by atomic mass is 10.2. The molecule has 1 saturated carbocycles. The Morgan fingerprint density at radius 1 is 1.44 bits per heavy atom. The van der Waals surface area contributed by atoms with Crippen molar-refractivity contribution in [2.24, 2.45) is 5.92 Å². The zero-order chi connectivity index (χ0) is 12.7. The third-order valence-electron chi connectivity index (χ3n) is 3.72. The number of aromatic nitrogens is 3. The molecule has 1 unspecified atom stereocenters. The molecule has 1 atom stereocenters. The maximum atomic E-state index is 12.0. The molecule has 3 rings (SSSR count). The molecule has 2 aliphatic rings. The highest BCUT2D eigenvalue weighted by Gasteiger charge is 2.37. The minimum absolute atomic E-state index is 0.272. The fraction of sp³-hybridized carbons (Fsp3) is 0.615. The van der Waals surface area contributed by atoms with E-state index in [0.29, 0.717) is 11.8 Å². The Morgan fingerprint density at radius 2 is 2.22 bits per heavy atom. The van der Waals surface area contributed by atoms with Crippen molar-refractivity contribution in [2.45, 2.75) is 32.2 Å². The minimum Gasteiger partial charge on any atom is -0.340 e. The third-order valence-corrected chi connectivity index (χ3v) is 3.72. The first-order valence-electron chi connectivity index (χ1n) is 6.51. The van der Waals surface area contributed by atoms with E-state index in [9.17, 15) is 4.79 Å². The van der Waals surface area contributed by atoms with Crippen molar-refractivity contribution >= 4 is 11.5 Å². The van der Waals surface area contributed by atoms with Crippen molar-refractivity contribution in [3.63, 3.8) is 0 Å². The number of carbonyl (C=O) groups excluding carboxylic acids is 1. The van der Waals surface area contributed by atoms with E-state index in [1.165, 1.54) is 0 Å². The highest BCUT2D eigenvalue weighted by Crippen LogP contribution is 2.33. The Hall–Kier alpha value is -1.65. The molecule has 2 heterocycles. The molecule has 1 amide bonds. The molecule has 5 heteroatoms. The highest BCUT2D eigenvalue weighted by atomic mass is 16.2. The zero-order valence-corrected chi connectivity index (χ0v) is 10.7. The predicted octanol–water partition coefficient (Wildman–Crippen LogP) is 1.49. The fourth-order valence-electron chi connectivity index (χ4n) is 2.40. The second-order valence-electron chi connectivity index (χ2n) is 5.37. The lowest BCUT2D eigenvalue weighted by molar-refractivity contribution is -0.131. The van der Waals surface area contributed by atoms with Gasteiger partial charge in [-0.2, -0.15) is 0 Å². The molecule has 1 aliphatic heterocycles. The van der Waals surface area contributed by atoms with Gasteiger partial charge in [0.25, 0.3) is 0 Å². The van der Waals surface area contributed by atoms with Crippen molar-refractivity contribution in [3.8, 4) is 0 Å². The smallest absolute Gasteiger partial charge is 0.225 e. The van der Waals surface area contributed by atoms with Crippen LogP contribution in [0.5, 0.6) is 0 Å². The fourth-order valence-corrected chi connectivity index (χ4v) is 2.40. The topological polar surface area (TPSA) is 51.0 Å². The second-order valence-corrected chi connectivity index (χ2v) is 5.37. The summed E-state index contributed by atoms with van der Waals surface area (Å²) >= 11 is 0. The van der Waals surface area contributed by atoms with Gasteiger partial charge in [0.1, 0.15) is 5.69 Å². The Balaban J connectivity index is 1.67. The van der Waals surface area contributed by atoms with Gasteiger partial charge in [-0.05, 0) is 31.8 Å². The summed E-state index contributed by atoms with van der Waals surface area (Å²) < 4.78 is 1.88. The van der Waals surface area contributed by atoms with Crippen LogP contribution >= 0.6 is 0 Å². The number of hydrogen-bond acceptors (Lipinski definition) is 3. The van der Waals surface area contributed by atoms with Gasteiger partial charge in [0.2, 0.25) is 5.91 Å². The number of carbonyl (C=O) groups is 1. The van der Waals surface area contributed by atoms with Crippen LogP contribution in [0.15, 0.2) is 12.8 Å². The van der Waals surface area contributed by atoms with Crippen LogP contribution in [-0.4, -0.2) is 38.9 Å². The second kappa shape index (κ2) is 4.23. The number of rotatable bonds is 3. The Morgan fingerprint density at radius 3 is 2.83 bits per heavy atom. The van der Waals surface area contributed by atoms with Crippen LogP contribution in [0, 0.1) is 5.92 Å². The number of likely N-dealkylation sites (tertiary alicyclic amines) is 1. The van der Waals surface area contributed by atoms with E-state index in [1.54, 1.807) is 0 Å². The molecule has 1 saturated heterocycles. The summed E-state index contributed by atoms with van der Waals surface area (Å²) in [6, 6.07) is 0.272. The molecular weight excluding hydrogens is 228 g/mol. The quantitative estimate of drug-likeness (QED) is 0.812. The summed E-state index contributed by atoms with van der Waals surface area (Å²) in [7, 11) is 0. The van der Waals surface area contributed by atoms with Gasteiger partial charge in [0, 0.05) is 19.0 Å². The van der Waals surface area contributed by atoms with Crippen LogP contribution in [0.25, 0.3) is 5.57 Å². The van der Waals surface area contributed by atoms with Crippen LogP contribution in [0.2, 0.25) is 0 Å². The van der Waals surface area contributed by atoms with Crippen molar-refractivity contribution < 1.29 is 4.79 Å². The van der Waals surface area contributed by atoms with Crippen LogP contribution in [-0.2, 0) is 4.79 Å². The summed E-state index contributed by atoms with van der Waals surface area (Å²) in [5.41, 5.74) is 1.76. The maximum absolute atomic E-state index is 12.0. The van der Waals surface area contributed by atoms with Gasteiger partial charge in [-0.25, -0.2) is 4.68 Å². The monoisotopic (exact) mass is 246 g/mol. The number of amides is 1. The lowest BCUT2D eigenvalue weighted by Gasteiger charge is -2.15. The number of nitrogens with zero attached hydrogens (tertiary/aromatic N) is 4. The molecule has 0 spiro atoms. The predicted molar refractivity (Wildman–Crippen MR) is 67.7 cm³/mol. The van der Waals surface area contributed by atoms with Gasteiger partial charge in [-0.3, -0.25) is 4.79 Å². The van der Waals surface area contributed by atoms with E-state index in [1.807, 2.05) is 22.7 Å². The van der Waals surface area contributed by atoms with Crippen LogP contribution < -0.4 is 0 Å². The minimum atomic E-state index is 0.272. The van der Waals surface area contributed by atoms with E-state index >= 15 is 0 Å². The van der Waals surface area contributed by atoms with Crippen LogP contribution in [0.3, 0.4) is 0 Å². The van der Waals surface area contributed by atoms with Crippen molar-refractivity contribution in [3.05, 3.63) is 18.5 Å².